The molecule has 5 heteroatoms. The van der Waals surface area contributed by atoms with Gasteiger partial charge >= 0.3 is 0 Å². The summed E-state index contributed by atoms with van der Waals surface area (Å²) >= 11 is 0. The molecule has 0 spiro atoms. The van der Waals surface area contributed by atoms with E-state index in [2.05, 4.69) is 10.3 Å². The highest BCUT2D eigenvalue weighted by atomic mass is 19.1. The van der Waals surface area contributed by atoms with E-state index in [0.29, 0.717) is 5.92 Å². The van der Waals surface area contributed by atoms with Crippen molar-refractivity contribution in [3.8, 4) is 0 Å². The Hall–Kier alpha value is -2.27. The third kappa shape index (κ3) is 4.63. The van der Waals surface area contributed by atoms with Crippen LogP contribution in [0.25, 0.3) is 0 Å². The van der Waals surface area contributed by atoms with Gasteiger partial charge in [0.2, 0.25) is 0 Å². The third-order valence-electron chi connectivity index (χ3n) is 4.86. The van der Waals surface area contributed by atoms with Crippen molar-refractivity contribution in [2.75, 3.05) is 19.6 Å². The smallest absolute Gasteiger partial charge is 0.253 e. The summed E-state index contributed by atoms with van der Waals surface area (Å²) in [5.74, 6) is 0.342. The van der Waals surface area contributed by atoms with Crippen LogP contribution < -0.4 is 5.32 Å². The Kier molecular flexibility index (Phi) is 5.76. The van der Waals surface area contributed by atoms with Crippen LogP contribution in [-0.2, 0) is 0 Å². The zero-order chi connectivity index (χ0) is 17.6. The fourth-order valence-corrected chi connectivity index (χ4v) is 3.23. The number of rotatable bonds is 5. The summed E-state index contributed by atoms with van der Waals surface area (Å²) in [6.07, 6.45) is 4.89. The SMILES string of the molecule is C[C@H](NCC1CCN(C(=O)c2ccccc2)CC1)c1cncc(F)c1. The van der Waals surface area contributed by atoms with Gasteiger partial charge in [0.25, 0.3) is 5.91 Å². The first-order valence-electron chi connectivity index (χ1n) is 8.81. The summed E-state index contributed by atoms with van der Waals surface area (Å²) in [4.78, 5) is 18.3. The van der Waals surface area contributed by atoms with E-state index in [9.17, 15) is 9.18 Å². The lowest BCUT2D eigenvalue weighted by molar-refractivity contribution is 0.0689. The molecule has 0 saturated carbocycles. The zero-order valence-corrected chi connectivity index (χ0v) is 14.5. The van der Waals surface area contributed by atoms with Crippen molar-refractivity contribution in [1.29, 1.82) is 0 Å². The molecular formula is C20H24FN3O. The number of aromatic nitrogens is 1. The average molecular weight is 341 g/mol. The average Bonchev–Trinajstić information content (AvgIpc) is 2.66. The number of benzene rings is 1. The molecule has 1 aliphatic heterocycles. The molecule has 1 saturated heterocycles. The van der Waals surface area contributed by atoms with Gasteiger partial charge in [-0.2, -0.15) is 0 Å². The maximum absolute atomic E-state index is 13.3. The van der Waals surface area contributed by atoms with Crippen LogP contribution in [0.2, 0.25) is 0 Å². The predicted molar refractivity (Wildman–Crippen MR) is 95.7 cm³/mol. The number of pyridine rings is 1. The number of amides is 1. The van der Waals surface area contributed by atoms with Gasteiger partial charge in [-0.15, -0.1) is 0 Å². The van der Waals surface area contributed by atoms with E-state index in [0.717, 1.165) is 43.6 Å². The molecule has 0 aliphatic carbocycles. The van der Waals surface area contributed by atoms with E-state index in [-0.39, 0.29) is 17.8 Å². The fraction of sp³-hybridized carbons (Fsp3) is 0.400. The number of piperidine rings is 1. The van der Waals surface area contributed by atoms with Crippen LogP contribution in [0, 0.1) is 11.7 Å². The molecule has 4 nitrogen and oxygen atoms in total. The van der Waals surface area contributed by atoms with Crippen LogP contribution in [0.4, 0.5) is 4.39 Å². The number of nitrogens with one attached hydrogen (secondary N) is 1. The number of nitrogens with zero attached hydrogens (tertiary/aromatic N) is 2. The summed E-state index contributed by atoms with van der Waals surface area (Å²) in [7, 11) is 0. The summed E-state index contributed by atoms with van der Waals surface area (Å²) in [5, 5.41) is 3.46. The Morgan fingerprint density at radius 2 is 2.00 bits per heavy atom. The molecule has 1 aromatic heterocycles. The molecule has 2 heterocycles. The molecule has 1 aliphatic rings. The lowest BCUT2D eigenvalue weighted by Gasteiger charge is -2.32. The van der Waals surface area contributed by atoms with E-state index in [4.69, 9.17) is 0 Å². The monoisotopic (exact) mass is 341 g/mol. The molecule has 132 valence electrons. The first-order valence-corrected chi connectivity index (χ1v) is 8.81. The van der Waals surface area contributed by atoms with Crippen molar-refractivity contribution < 1.29 is 9.18 Å². The minimum atomic E-state index is -0.307. The topological polar surface area (TPSA) is 45.2 Å². The maximum atomic E-state index is 13.3. The fourth-order valence-electron chi connectivity index (χ4n) is 3.23. The van der Waals surface area contributed by atoms with Crippen molar-refractivity contribution in [3.63, 3.8) is 0 Å². The van der Waals surface area contributed by atoms with E-state index in [1.54, 1.807) is 6.20 Å². The third-order valence-corrected chi connectivity index (χ3v) is 4.86. The number of carbonyl (C=O) groups is 1. The van der Waals surface area contributed by atoms with Crippen LogP contribution in [0.5, 0.6) is 0 Å². The Labute approximate surface area is 148 Å². The summed E-state index contributed by atoms with van der Waals surface area (Å²) in [5.41, 5.74) is 1.61. The van der Waals surface area contributed by atoms with Crippen molar-refractivity contribution in [2.45, 2.75) is 25.8 Å². The van der Waals surface area contributed by atoms with Gasteiger partial charge in [0.05, 0.1) is 6.20 Å². The van der Waals surface area contributed by atoms with Crippen LogP contribution in [0.15, 0.2) is 48.8 Å². The Morgan fingerprint density at radius 3 is 2.68 bits per heavy atom. The Bertz CT molecular complexity index is 699. The Balaban J connectivity index is 1.46. The van der Waals surface area contributed by atoms with Gasteiger partial charge < -0.3 is 10.2 Å². The van der Waals surface area contributed by atoms with Crippen molar-refractivity contribution in [1.82, 2.24) is 15.2 Å². The predicted octanol–water partition coefficient (Wildman–Crippen LogP) is 3.42. The molecule has 3 rings (SSSR count). The normalized spacial score (nSPS) is 16.6. The van der Waals surface area contributed by atoms with Gasteiger partial charge in [-0.3, -0.25) is 9.78 Å². The molecule has 0 radical (unpaired) electrons. The number of carbonyl (C=O) groups excluding carboxylic acids is 1. The number of hydrogen-bond acceptors (Lipinski definition) is 3. The minimum Gasteiger partial charge on any atom is -0.339 e. The molecule has 2 aromatic rings. The van der Waals surface area contributed by atoms with Crippen molar-refractivity contribution >= 4 is 5.91 Å². The summed E-state index contributed by atoms with van der Waals surface area (Å²) in [6, 6.07) is 11.0. The van der Waals surface area contributed by atoms with Crippen molar-refractivity contribution in [2.24, 2.45) is 5.92 Å². The number of likely N-dealkylation sites (tertiary alicyclic amines) is 1. The van der Waals surface area contributed by atoms with Gasteiger partial charge in [0.15, 0.2) is 0 Å². The second-order valence-corrected chi connectivity index (χ2v) is 6.67. The molecule has 1 aromatic carbocycles. The zero-order valence-electron chi connectivity index (χ0n) is 14.5. The number of hydrogen-bond donors (Lipinski definition) is 1. The quantitative estimate of drug-likeness (QED) is 0.906. The van der Waals surface area contributed by atoms with Gasteiger partial charge in [0.1, 0.15) is 5.82 Å². The minimum absolute atomic E-state index is 0.0622. The van der Waals surface area contributed by atoms with Gasteiger partial charge in [-0.05, 0) is 56.0 Å². The van der Waals surface area contributed by atoms with Gasteiger partial charge in [-0.25, -0.2) is 4.39 Å². The van der Waals surface area contributed by atoms with E-state index in [1.165, 1.54) is 12.3 Å². The van der Waals surface area contributed by atoms with Gasteiger partial charge in [-0.1, -0.05) is 18.2 Å². The van der Waals surface area contributed by atoms with Crippen LogP contribution in [-0.4, -0.2) is 35.4 Å². The summed E-state index contributed by atoms with van der Waals surface area (Å²) < 4.78 is 13.3. The van der Waals surface area contributed by atoms with E-state index >= 15 is 0 Å². The highest BCUT2D eigenvalue weighted by molar-refractivity contribution is 5.94. The van der Waals surface area contributed by atoms with E-state index in [1.807, 2.05) is 42.2 Å². The number of halogens is 1. The largest absolute Gasteiger partial charge is 0.339 e. The lowest BCUT2D eigenvalue weighted by atomic mass is 9.95. The maximum Gasteiger partial charge on any atom is 0.253 e. The molecule has 25 heavy (non-hydrogen) atoms. The molecule has 1 N–H and O–H groups in total. The second-order valence-electron chi connectivity index (χ2n) is 6.67. The molecule has 0 unspecified atom stereocenters. The lowest BCUT2D eigenvalue weighted by Crippen LogP contribution is -2.41. The molecule has 1 fully saturated rings. The van der Waals surface area contributed by atoms with E-state index < -0.39 is 0 Å². The standard InChI is InChI=1S/C20H24FN3O/c1-15(18-11-19(21)14-22-13-18)23-12-16-7-9-24(10-8-16)20(25)17-5-3-2-4-6-17/h2-6,11,13-16,23H,7-10,12H2,1H3/t15-/m0/s1. The van der Waals surface area contributed by atoms with Crippen LogP contribution in [0.3, 0.4) is 0 Å². The highest BCUT2D eigenvalue weighted by Crippen LogP contribution is 2.20. The summed E-state index contributed by atoms with van der Waals surface area (Å²) in [6.45, 7) is 4.46. The highest BCUT2D eigenvalue weighted by Gasteiger charge is 2.23. The van der Waals surface area contributed by atoms with Crippen molar-refractivity contribution in [3.05, 3.63) is 65.7 Å². The molecule has 0 bridgehead atoms. The van der Waals surface area contributed by atoms with Crippen LogP contribution in [0.1, 0.15) is 41.7 Å². The molecule has 1 amide bonds. The van der Waals surface area contributed by atoms with Gasteiger partial charge in [0, 0.05) is 30.9 Å². The second kappa shape index (κ2) is 8.21. The first-order chi connectivity index (χ1) is 12.1. The first kappa shape index (κ1) is 17.5. The molecule has 1 atom stereocenters. The Morgan fingerprint density at radius 1 is 1.28 bits per heavy atom. The van der Waals surface area contributed by atoms with Crippen LogP contribution >= 0.6 is 0 Å². The molecular weight excluding hydrogens is 317 g/mol.